The van der Waals surface area contributed by atoms with Crippen LogP contribution in [0.3, 0.4) is 0 Å². The minimum absolute atomic E-state index is 0.106. The van der Waals surface area contributed by atoms with Crippen LogP contribution in [0, 0.1) is 0 Å². The maximum Gasteiger partial charge on any atom is 0.257 e. The van der Waals surface area contributed by atoms with Gasteiger partial charge in [0.25, 0.3) is 5.91 Å². The number of benzene rings is 2. The lowest BCUT2D eigenvalue weighted by atomic mass is 10.0. The largest absolute Gasteiger partial charge is 0.493 e. The molecule has 2 aromatic rings. The molecule has 2 aromatic carbocycles. The van der Waals surface area contributed by atoms with Crippen molar-refractivity contribution >= 4 is 33.7 Å². The zero-order chi connectivity index (χ0) is 19.4. The van der Waals surface area contributed by atoms with Gasteiger partial charge in [-0.1, -0.05) is 28.1 Å². The molecule has 0 aromatic heterocycles. The summed E-state index contributed by atoms with van der Waals surface area (Å²) in [5.41, 5.74) is 1.17. The fraction of sp³-hybridized carbons (Fsp3) is 0.211. The van der Waals surface area contributed by atoms with Crippen LogP contribution in [0.4, 0.5) is 0 Å². The molecule has 140 valence electrons. The molecular weight excluding hydrogens is 414 g/mol. The van der Waals surface area contributed by atoms with Crippen molar-refractivity contribution in [1.29, 1.82) is 0 Å². The lowest BCUT2D eigenvalue weighted by molar-refractivity contribution is -0.120. The molecule has 1 heterocycles. The molecule has 2 amide bonds. The standard InChI is InChI=1S/C19H18BrN3O4/c1-26-15-5-3-4-13(17(15)27-2)14-10-16(24)22-19(21-14)23-18(25)11-6-8-12(20)9-7-11/h3-9,14H,10H2,1-2H3,(H2,21,22,23,24,25)/t14-/m0/s1. The molecule has 8 heteroatoms. The minimum Gasteiger partial charge on any atom is -0.493 e. The van der Waals surface area contributed by atoms with Gasteiger partial charge in [-0.2, -0.15) is 0 Å². The van der Waals surface area contributed by atoms with E-state index in [1.807, 2.05) is 6.07 Å². The number of hydrogen-bond acceptors (Lipinski definition) is 5. The number of ether oxygens (including phenoxy) is 2. The molecule has 0 saturated carbocycles. The van der Waals surface area contributed by atoms with Crippen molar-refractivity contribution in [1.82, 2.24) is 10.6 Å². The van der Waals surface area contributed by atoms with E-state index in [0.717, 1.165) is 4.47 Å². The van der Waals surface area contributed by atoms with Crippen molar-refractivity contribution in [3.63, 3.8) is 0 Å². The van der Waals surface area contributed by atoms with Crippen LogP contribution in [0.2, 0.25) is 0 Å². The average molecular weight is 432 g/mol. The van der Waals surface area contributed by atoms with Gasteiger partial charge < -0.3 is 9.47 Å². The van der Waals surface area contributed by atoms with Crippen LogP contribution in [0.15, 0.2) is 51.9 Å². The maximum atomic E-state index is 12.4. The van der Waals surface area contributed by atoms with Crippen LogP contribution in [-0.2, 0) is 4.79 Å². The number of nitrogens with zero attached hydrogens (tertiary/aromatic N) is 1. The zero-order valence-corrected chi connectivity index (χ0v) is 16.4. The Balaban J connectivity index is 1.87. The van der Waals surface area contributed by atoms with Gasteiger partial charge in [0.2, 0.25) is 11.9 Å². The van der Waals surface area contributed by atoms with E-state index in [9.17, 15) is 9.59 Å². The SMILES string of the molecule is COc1cccc([C@@H]2CC(=O)NC(NC(=O)c3ccc(Br)cc3)=N2)c1OC. The van der Waals surface area contributed by atoms with Crippen molar-refractivity contribution in [2.45, 2.75) is 12.5 Å². The van der Waals surface area contributed by atoms with E-state index in [-0.39, 0.29) is 24.2 Å². The Morgan fingerprint density at radius 1 is 1.19 bits per heavy atom. The third-order valence-electron chi connectivity index (χ3n) is 4.05. The summed E-state index contributed by atoms with van der Waals surface area (Å²) in [6, 6.07) is 11.8. The van der Waals surface area contributed by atoms with E-state index in [4.69, 9.17) is 9.47 Å². The van der Waals surface area contributed by atoms with Gasteiger partial charge in [-0.05, 0) is 30.3 Å². The topological polar surface area (TPSA) is 89.0 Å². The highest BCUT2D eigenvalue weighted by molar-refractivity contribution is 9.10. The molecule has 0 aliphatic carbocycles. The molecule has 1 atom stereocenters. The summed E-state index contributed by atoms with van der Waals surface area (Å²) >= 11 is 3.33. The van der Waals surface area contributed by atoms with E-state index in [0.29, 0.717) is 22.6 Å². The fourth-order valence-electron chi connectivity index (χ4n) is 2.79. The summed E-state index contributed by atoms with van der Waals surface area (Å²) in [4.78, 5) is 29.0. The normalized spacial score (nSPS) is 16.2. The van der Waals surface area contributed by atoms with Crippen LogP contribution < -0.4 is 20.1 Å². The monoisotopic (exact) mass is 431 g/mol. The van der Waals surface area contributed by atoms with E-state index < -0.39 is 6.04 Å². The Morgan fingerprint density at radius 2 is 1.93 bits per heavy atom. The Kier molecular flexibility index (Phi) is 5.75. The first-order valence-electron chi connectivity index (χ1n) is 8.17. The molecular formula is C19H18BrN3O4. The summed E-state index contributed by atoms with van der Waals surface area (Å²) in [7, 11) is 3.08. The first kappa shape index (κ1) is 18.9. The summed E-state index contributed by atoms with van der Waals surface area (Å²) in [6.45, 7) is 0. The number of amides is 2. The predicted molar refractivity (Wildman–Crippen MR) is 104 cm³/mol. The Morgan fingerprint density at radius 3 is 2.59 bits per heavy atom. The van der Waals surface area contributed by atoms with Crippen molar-refractivity contribution < 1.29 is 19.1 Å². The quantitative estimate of drug-likeness (QED) is 0.778. The third kappa shape index (κ3) is 4.28. The van der Waals surface area contributed by atoms with E-state index in [2.05, 4.69) is 31.6 Å². The molecule has 0 fully saturated rings. The highest BCUT2D eigenvalue weighted by Crippen LogP contribution is 2.38. The van der Waals surface area contributed by atoms with Crippen molar-refractivity contribution in [2.75, 3.05) is 14.2 Å². The van der Waals surface area contributed by atoms with Gasteiger partial charge in [-0.15, -0.1) is 0 Å². The lowest BCUT2D eigenvalue weighted by Crippen LogP contribution is -2.47. The highest BCUT2D eigenvalue weighted by atomic mass is 79.9. The molecule has 27 heavy (non-hydrogen) atoms. The predicted octanol–water partition coefficient (Wildman–Crippen LogP) is 2.81. The molecule has 2 N–H and O–H groups in total. The second-order valence-corrected chi connectivity index (χ2v) is 6.71. The number of para-hydroxylation sites is 1. The van der Waals surface area contributed by atoms with Crippen LogP contribution in [0.5, 0.6) is 11.5 Å². The zero-order valence-electron chi connectivity index (χ0n) is 14.8. The number of nitrogens with one attached hydrogen (secondary N) is 2. The van der Waals surface area contributed by atoms with Crippen LogP contribution >= 0.6 is 15.9 Å². The number of rotatable bonds is 4. The van der Waals surface area contributed by atoms with Gasteiger partial charge >= 0.3 is 0 Å². The van der Waals surface area contributed by atoms with E-state index in [1.54, 1.807) is 43.5 Å². The molecule has 1 aliphatic heterocycles. The summed E-state index contributed by atoms with van der Waals surface area (Å²) in [6.07, 6.45) is 0.140. The summed E-state index contributed by atoms with van der Waals surface area (Å²) in [5, 5.41) is 5.23. The van der Waals surface area contributed by atoms with Gasteiger partial charge in [0.05, 0.1) is 26.7 Å². The number of methoxy groups -OCH3 is 2. The van der Waals surface area contributed by atoms with Crippen LogP contribution in [0.1, 0.15) is 28.4 Å². The number of hydrogen-bond donors (Lipinski definition) is 2. The number of carbonyl (C=O) groups is 2. The third-order valence-corrected chi connectivity index (χ3v) is 4.58. The average Bonchev–Trinajstić information content (AvgIpc) is 2.67. The highest BCUT2D eigenvalue weighted by Gasteiger charge is 2.27. The Hall–Kier alpha value is -2.87. The summed E-state index contributed by atoms with van der Waals surface area (Å²) < 4.78 is 11.6. The maximum absolute atomic E-state index is 12.4. The Bertz CT molecular complexity index is 896. The molecule has 0 bridgehead atoms. The van der Waals surface area contributed by atoms with Crippen molar-refractivity contribution in [3.8, 4) is 11.5 Å². The summed E-state index contributed by atoms with van der Waals surface area (Å²) in [5.74, 6) is 0.568. The van der Waals surface area contributed by atoms with Gasteiger partial charge in [-0.3, -0.25) is 20.2 Å². The molecule has 3 rings (SSSR count). The number of aliphatic imine (C=N–C) groups is 1. The fourth-order valence-corrected chi connectivity index (χ4v) is 3.06. The molecule has 7 nitrogen and oxygen atoms in total. The van der Waals surface area contributed by atoms with Crippen molar-refractivity contribution in [3.05, 3.63) is 58.1 Å². The van der Waals surface area contributed by atoms with E-state index >= 15 is 0 Å². The van der Waals surface area contributed by atoms with Crippen LogP contribution in [0.25, 0.3) is 0 Å². The number of guanidine groups is 1. The molecule has 0 unspecified atom stereocenters. The second-order valence-electron chi connectivity index (χ2n) is 5.79. The number of carbonyl (C=O) groups excluding carboxylic acids is 2. The van der Waals surface area contributed by atoms with Gasteiger partial charge in [0, 0.05) is 15.6 Å². The van der Waals surface area contributed by atoms with E-state index in [1.165, 1.54) is 7.11 Å². The minimum atomic E-state index is -0.496. The van der Waals surface area contributed by atoms with Crippen molar-refractivity contribution in [2.24, 2.45) is 4.99 Å². The number of halogens is 1. The molecule has 1 aliphatic rings. The Labute approximate surface area is 164 Å². The smallest absolute Gasteiger partial charge is 0.257 e. The second kappa shape index (κ2) is 8.22. The molecule has 0 spiro atoms. The molecule has 0 saturated heterocycles. The first-order valence-corrected chi connectivity index (χ1v) is 8.96. The van der Waals surface area contributed by atoms with Crippen LogP contribution in [-0.4, -0.2) is 32.0 Å². The van der Waals surface area contributed by atoms with Gasteiger partial charge in [0.15, 0.2) is 11.5 Å². The van der Waals surface area contributed by atoms with Gasteiger partial charge in [0.1, 0.15) is 0 Å². The molecule has 0 radical (unpaired) electrons. The lowest BCUT2D eigenvalue weighted by Gasteiger charge is -2.23. The first-order chi connectivity index (χ1) is 13.0. The van der Waals surface area contributed by atoms with Gasteiger partial charge in [-0.25, -0.2) is 4.99 Å².